The van der Waals surface area contributed by atoms with Crippen molar-refractivity contribution in [2.24, 2.45) is 0 Å². The van der Waals surface area contributed by atoms with Crippen LogP contribution in [-0.4, -0.2) is 29.6 Å². The Morgan fingerprint density at radius 2 is 2.00 bits per heavy atom. The molecule has 0 aliphatic rings. The summed E-state index contributed by atoms with van der Waals surface area (Å²) >= 11 is 6.20. The van der Waals surface area contributed by atoms with Crippen LogP contribution in [0.1, 0.15) is 12.5 Å². The predicted molar refractivity (Wildman–Crippen MR) is 106 cm³/mol. The summed E-state index contributed by atoms with van der Waals surface area (Å²) < 4.78 is 10.8. The number of ether oxygens (including phenoxy) is 2. The van der Waals surface area contributed by atoms with Gasteiger partial charge >= 0.3 is 5.69 Å². The Hall–Kier alpha value is -3.19. The number of benzene rings is 2. The van der Waals surface area contributed by atoms with Gasteiger partial charge in [-0.25, -0.2) is 4.79 Å². The van der Waals surface area contributed by atoms with Gasteiger partial charge in [-0.3, -0.25) is 4.79 Å². The van der Waals surface area contributed by atoms with Gasteiger partial charge in [-0.1, -0.05) is 11.6 Å². The summed E-state index contributed by atoms with van der Waals surface area (Å²) in [6.07, 6.45) is 3.01. The summed E-state index contributed by atoms with van der Waals surface area (Å²) in [5.74, 6) is 0.639. The summed E-state index contributed by atoms with van der Waals surface area (Å²) in [5, 5.41) is 3.13. The summed E-state index contributed by atoms with van der Waals surface area (Å²) in [5.41, 5.74) is 2.25. The maximum absolute atomic E-state index is 12.2. The molecule has 7 nitrogen and oxygen atoms in total. The van der Waals surface area contributed by atoms with Crippen LogP contribution in [0.15, 0.2) is 41.2 Å². The topological polar surface area (TPSA) is 96.2 Å². The minimum atomic E-state index is -0.322. The fourth-order valence-electron chi connectivity index (χ4n) is 2.61. The van der Waals surface area contributed by atoms with Crippen LogP contribution in [0.25, 0.3) is 17.1 Å². The minimum absolute atomic E-state index is 0.296. The molecular weight excluding hydrogens is 370 g/mol. The molecule has 1 heterocycles. The van der Waals surface area contributed by atoms with Gasteiger partial charge < -0.3 is 24.8 Å². The third kappa shape index (κ3) is 4.32. The summed E-state index contributed by atoms with van der Waals surface area (Å²) in [4.78, 5) is 28.8. The summed E-state index contributed by atoms with van der Waals surface area (Å²) in [7, 11) is 1.52. The van der Waals surface area contributed by atoms with Gasteiger partial charge in [0.25, 0.3) is 0 Å². The highest BCUT2D eigenvalue weighted by molar-refractivity contribution is 6.32. The zero-order chi connectivity index (χ0) is 19.4. The maximum Gasteiger partial charge on any atom is 0.323 e. The lowest BCUT2D eigenvalue weighted by Crippen LogP contribution is -2.07. The molecule has 0 unspecified atom stereocenters. The van der Waals surface area contributed by atoms with E-state index in [1.165, 1.54) is 13.2 Å². The number of hydrogen-bond acceptors (Lipinski definition) is 4. The molecule has 0 aliphatic carbocycles. The van der Waals surface area contributed by atoms with E-state index in [1.807, 2.05) is 6.92 Å². The molecule has 0 bridgehead atoms. The molecule has 2 aromatic carbocycles. The number of amides is 1. The predicted octanol–water partition coefficient (Wildman–Crippen LogP) is 3.57. The lowest BCUT2D eigenvalue weighted by molar-refractivity contribution is -0.111. The third-order valence-electron chi connectivity index (χ3n) is 3.75. The van der Waals surface area contributed by atoms with Crippen molar-refractivity contribution >= 4 is 40.3 Å². The number of carbonyl (C=O) groups is 1. The van der Waals surface area contributed by atoms with E-state index in [0.717, 1.165) is 0 Å². The molecular formula is C19H18ClN3O4. The molecule has 3 aromatic rings. The van der Waals surface area contributed by atoms with Crippen molar-refractivity contribution in [3.63, 3.8) is 0 Å². The Morgan fingerprint density at radius 1 is 1.22 bits per heavy atom. The first-order valence-corrected chi connectivity index (χ1v) is 8.59. The highest BCUT2D eigenvalue weighted by atomic mass is 35.5. The van der Waals surface area contributed by atoms with Gasteiger partial charge in [0.05, 0.1) is 29.8 Å². The van der Waals surface area contributed by atoms with Crippen LogP contribution in [0.5, 0.6) is 11.5 Å². The van der Waals surface area contributed by atoms with Gasteiger partial charge in [0.15, 0.2) is 11.5 Å². The third-order valence-corrected chi connectivity index (χ3v) is 4.03. The molecule has 140 valence electrons. The van der Waals surface area contributed by atoms with Gasteiger partial charge in [-0.2, -0.15) is 0 Å². The first-order valence-electron chi connectivity index (χ1n) is 8.21. The number of aromatic amines is 2. The van der Waals surface area contributed by atoms with Crippen LogP contribution in [-0.2, 0) is 4.79 Å². The van der Waals surface area contributed by atoms with Crippen LogP contribution in [0.3, 0.4) is 0 Å². The number of H-pyrrole nitrogens is 2. The van der Waals surface area contributed by atoms with Crippen molar-refractivity contribution in [2.75, 3.05) is 19.0 Å². The van der Waals surface area contributed by atoms with E-state index in [9.17, 15) is 9.59 Å². The first-order chi connectivity index (χ1) is 13.0. The number of anilines is 1. The first kappa shape index (κ1) is 18.6. The summed E-state index contributed by atoms with van der Waals surface area (Å²) in [6.45, 7) is 2.32. The lowest BCUT2D eigenvalue weighted by atomic mass is 10.2. The van der Waals surface area contributed by atoms with E-state index in [4.69, 9.17) is 21.1 Å². The van der Waals surface area contributed by atoms with E-state index in [0.29, 0.717) is 45.4 Å². The van der Waals surface area contributed by atoms with Gasteiger partial charge in [0, 0.05) is 11.8 Å². The SMILES string of the molecule is CCOc1cc(/C=C/C(=O)Nc2ccc3[nH]c(=O)[nH]c3c2)cc(Cl)c1OC. The Morgan fingerprint density at radius 3 is 2.74 bits per heavy atom. The lowest BCUT2D eigenvalue weighted by Gasteiger charge is -2.11. The maximum atomic E-state index is 12.2. The van der Waals surface area contributed by atoms with Crippen LogP contribution in [0.2, 0.25) is 5.02 Å². The minimum Gasteiger partial charge on any atom is -0.491 e. The van der Waals surface area contributed by atoms with Gasteiger partial charge in [0.2, 0.25) is 5.91 Å². The Kier molecular flexibility index (Phi) is 5.52. The van der Waals surface area contributed by atoms with Crippen molar-refractivity contribution in [1.29, 1.82) is 0 Å². The molecule has 8 heteroatoms. The van der Waals surface area contributed by atoms with E-state index < -0.39 is 0 Å². The molecule has 0 aliphatic heterocycles. The number of methoxy groups -OCH3 is 1. The fourth-order valence-corrected chi connectivity index (χ4v) is 2.91. The highest BCUT2D eigenvalue weighted by Gasteiger charge is 2.10. The summed E-state index contributed by atoms with van der Waals surface area (Å²) in [6, 6.07) is 8.52. The monoisotopic (exact) mass is 387 g/mol. The number of carbonyl (C=O) groups excluding carboxylic acids is 1. The molecule has 3 rings (SSSR count). The molecule has 0 spiro atoms. The molecule has 3 N–H and O–H groups in total. The normalized spacial score (nSPS) is 11.1. The smallest absolute Gasteiger partial charge is 0.323 e. The quantitative estimate of drug-likeness (QED) is 0.563. The number of fused-ring (bicyclic) bond motifs is 1. The van der Waals surface area contributed by atoms with Crippen LogP contribution in [0.4, 0.5) is 5.69 Å². The number of hydrogen-bond donors (Lipinski definition) is 3. The molecule has 0 atom stereocenters. The average Bonchev–Trinajstić information content (AvgIpc) is 2.99. The van der Waals surface area contributed by atoms with Crippen LogP contribution in [0, 0.1) is 0 Å². The average molecular weight is 388 g/mol. The molecule has 1 aromatic heterocycles. The van der Waals surface area contributed by atoms with Gasteiger partial charge in [-0.15, -0.1) is 0 Å². The Labute approximate surface area is 160 Å². The second-order valence-corrected chi connectivity index (χ2v) is 6.04. The van der Waals surface area contributed by atoms with E-state index >= 15 is 0 Å². The molecule has 27 heavy (non-hydrogen) atoms. The van der Waals surface area contributed by atoms with E-state index in [2.05, 4.69) is 15.3 Å². The van der Waals surface area contributed by atoms with Crippen LogP contribution < -0.4 is 20.5 Å². The largest absolute Gasteiger partial charge is 0.491 e. The Bertz CT molecular complexity index is 1070. The number of aromatic nitrogens is 2. The number of imidazole rings is 1. The van der Waals surface area contributed by atoms with Crippen LogP contribution >= 0.6 is 11.6 Å². The molecule has 0 radical (unpaired) electrons. The highest BCUT2D eigenvalue weighted by Crippen LogP contribution is 2.36. The molecule has 1 amide bonds. The number of rotatable bonds is 6. The van der Waals surface area contributed by atoms with Gasteiger partial charge in [-0.05, 0) is 48.9 Å². The second-order valence-electron chi connectivity index (χ2n) is 5.63. The van der Waals surface area contributed by atoms with Crippen molar-refractivity contribution in [2.45, 2.75) is 6.92 Å². The van der Waals surface area contributed by atoms with Crippen molar-refractivity contribution in [1.82, 2.24) is 9.97 Å². The molecule has 0 saturated carbocycles. The molecule has 0 saturated heterocycles. The molecule has 0 fully saturated rings. The van der Waals surface area contributed by atoms with E-state index in [-0.39, 0.29) is 11.6 Å². The van der Waals surface area contributed by atoms with Crippen molar-refractivity contribution in [3.05, 3.63) is 57.5 Å². The fraction of sp³-hybridized carbons (Fsp3) is 0.158. The van der Waals surface area contributed by atoms with Crippen molar-refractivity contribution in [3.8, 4) is 11.5 Å². The van der Waals surface area contributed by atoms with E-state index in [1.54, 1.807) is 36.4 Å². The number of nitrogens with one attached hydrogen (secondary N) is 3. The zero-order valence-electron chi connectivity index (χ0n) is 14.8. The zero-order valence-corrected chi connectivity index (χ0v) is 15.5. The number of halogens is 1. The standard InChI is InChI=1S/C19H18ClN3O4/c1-3-27-16-9-11(8-13(20)18(16)26-2)4-7-17(24)21-12-5-6-14-15(10-12)23-19(25)22-14/h4-10H,3H2,1-2H3,(H,21,24)(H2,22,23,25)/b7-4+. The Balaban J connectivity index is 1.76. The van der Waals surface area contributed by atoms with Gasteiger partial charge in [0.1, 0.15) is 0 Å². The second kappa shape index (κ2) is 8.01. The van der Waals surface area contributed by atoms with Crippen molar-refractivity contribution < 1.29 is 14.3 Å².